The fourth-order valence-corrected chi connectivity index (χ4v) is 4.11. The molecule has 0 amide bonds. The molecule has 1 aromatic rings. The number of aryl methyl sites for hydroxylation is 2. The highest BCUT2D eigenvalue weighted by Crippen LogP contribution is 2.42. The van der Waals surface area contributed by atoms with Crippen LogP contribution in [0.4, 0.5) is 0 Å². The van der Waals surface area contributed by atoms with E-state index in [0.717, 1.165) is 31.4 Å². The number of ether oxygens (including phenoxy) is 3. The minimum atomic E-state index is -0.985. The van der Waals surface area contributed by atoms with Crippen LogP contribution in [0.15, 0.2) is 6.07 Å². The largest absolute Gasteiger partial charge is 0.481 e. The molecule has 2 unspecified atom stereocenters. The third-order valence-electron chi connectivity index (χ3n) is 5.97. The second-order valence-electron chi connectivity index (χ2n) is 8.05. The van der Waals surface area contributed by atoms with Crippen LogP contribution >= 0.6 is 0 Å². The molecule has 0 spiro atoms. The highest BCUT2D eigenvalue weighted by Gasteiger charge is 2.44. The molecule has 0 aromatic heterocycles. The lowest BCUT2D eigenvalue weighted by atomic mass is 9.83. The van der Waals surface area contributed by atoms with Crippen LogP contribution in [0.1, 0.15) is 80.5 Å². The smallest absolute Gasteiger partial charge is 0.197 e. The van der Waals surface area contributed by atoms with Crippen LogP contribution in [0.2, 0.25) is 0 Å². The van der Waals surface area contributed by atoms with Gasteiger partial charge in [0, 0.05) is 7.11 Å². The molecule has 0 radical (unpaired) electrons. The van der Waals surface area contributed by atoms with Crippen molar-refractivity contribution in [1.82, 2.24) is 0 Å². The van der Waals surface area contributed by atoms with E-state index < -0.39 is 11.9 Å². The molecule has 1 aliphatic rings. The number of hydrogen-bond donors (Lipinski definition) is 1. The zero-order chi connectivity index (χ0) is 19.9. The number of methoxy groups -OCH3 is 1. The summed E-state index contributed by atoms with van der Waals surface area (Å²) < 4.78 is 17.1. The second-order valence-corrected chi connectivity index (χ2v) is 8.05. The molecular formula is C23H38O4. The molecule has 2 atom stereocenters. The first-order valence-corrected chi connectivity index (χ1v) is 10.5. The maximum Gasteiger partial charge on any atom is 0.197 e. The Labute approximate surface area is 165 Å². The van der Waals surface area contributed by atoms with E-state index in [1.807, 2.05) is 0 Å². The summed E-state index contributed by atoms with van der Waals surface area (Å²) in [7, 11) is 1.57. The van der Waals surface area contributed by atoms with E-state index >= 15 is 0 Å². The first-order valence-electron chi connectivity index (χ1n) is 10.5. The van der Waals surface area contributed by atoms with Crippen LogP contribution < -0.4 is 4.74 Å². The van der Waals surface area contributed by atoms with Crippen molar-refractivity contribution < 1.29 is 19.3 Å². The third kappa shape index (κ3) is 5.46. The fourth-order valence-electron chi connectivity index (χ4n) is 4.11. The first-order chi connectivity index (χ1) is 12.9. The van der Waals surface area contributed by atoms with Gasteiger partial charge in [0.15, 0.2) is 11.9 Å². The summed E-state index contributed by atoms with van der Waals surface area (Å²) in [5.41, 5.74) is 4.25. The van der Waals surface area contributed by atoms with Crippen molar-refractivity contribution in [2.24, 2.45) is 0 Å². The maximum atomic E-state index is 10.8. The maximum absolute atomic E-state index is 10.8. The average molecular weight is 379 g/mol. The Balaban J connectivity index is 2.16. The van der Waals surface area contributed by atoms with Gasteiger partial charge in [-0.05, 0) is 68.7 Å². The molecule has 0 bridgehead atoms. The molecule has 0 saturated carbocycles. The standard InChI is InChI=1S/C23H38O4/c1-6-7-8-9-10-11-13-23(22(24)26-16-25-5)14-12-20-18(3)15-17(2)19(4)21(20)27-23/h15,22,24H,6-14,16H2,1-5H3. The number of hydrogen-bond acceptors (Lipinski definition) is 4. The van der Waals surface area contributed by atoms with Crippen molar-refractivity contribution in [3.8, 4) is 5.75 Å². The van der Waals surface area contributed by atoms with E-state index in [9.17, 15) is 5.11 Å². The van der Waals surface area contributed by atoms with Crippen molar-refractivity contribution in [2.75, 3.05) is 13.9 Å². The summed E-state index contributed by atoms with van der Waals surface area (Å²) in [4.78, 5) is 0. The van der Waals surface area contributed by atoms with Crippen molar-refractivity contribution in [3.05, 3.63) is 28.3 Å². The van der Waals surface area contributed by atoms with Crippen molar-refractivity contribution in [3.63, 3.8) is 0 Å². The van der Waals surface area contributed by atoms with Gasteiger partial charge in [0.1, 0.15) is 12.5 Å². The summed E-state index contributed by atoms with van der Waals surface area (Å²) in [6, 6.07) is 2.23. The predicted molar refractivity (Wildman–Crippen MR) is 109 cm³/mol. The minimum absolute atomic E-state index is 0.0709. The zero-order valence-electron chi connectivity index (χ0n) is 17.9. The van der Waals surface area contributed by atoms with E-state index in [2.05, 4.69) is 33.8 Å². The highest BCUT2D eigenvalue weighted by molar-refractivity contribution is 5.51. The van der Waals surface area contributed by atoms with E-state index in [1.54, 1.807) is 7.11 Å². The monoisotopic (exact) mass is 378 g/mol. The molecule has 4 nitrogen and oxygen atoms in total. The van der Waals surface area contributed by atoms with Gasteiger partial charge in [-0.1, -0.05) is 45.1 Å². The molecule has 0 fully saturated rings. The summed E-state index contributed by atoms with van der Waals surface area (Å²) in [6.07, 6.45) is 8.78. The van der Waals surface area contributed by atoms with Crippen LogP contribution in [0.5, 0.6) is 5.75 Å². The van der Waals surface area contributed by atoms with Crippen molar-refractivity contribution in [1.29, 1.82) is 0 Å². The lowest BCUT2D eigenvalue weighted by molar-refractivity contribution is -0.240. The lowest BCUT2D eigenvalue weighted by Gasteiger charge is -2.42. The van der Waals surface area contributed by atoms with Gasteiger partial charge in [-0.2, -0.15) is 0 Å². The third-order valence-corrected chi connectivity index (χ3v) is 5.97. The number of fused-ring (bicyclic) bond motifs is 1. The van der Waals surface area contributed by atoms with Crippen LogP contribution in [-0.2, 0) is 15.9 Å². The molecule has 1 aliphatic heterocycles. The Morgan fingerprint density at radius 3 is 2.52 bits per heavy atom. The van der Waals surface area contributed by atoms with Crippen LogP contribution in [0.25, 0.3) is 0 Å². The molecule has 1 N–H and O–H groups in total. The number of aliphatic hydroxyl groups is 1. The quantitative estimate of drug-likeness (QED) is 0.416. The minimum Gasteiger partial charge on any atom is -0.481 e. The molecule has 4 heteroatoms. The lowest BCUT2D eigenvalue weighted by Crippen LogP contribution is -2.51. The van der Waals surface area contributed by atoms with Gasteiger partial charge in [-0.15, -0.1) is 0 Å². The summed E-state index contributed by atoms with van der Waals surface area (Å²) >= 11 is 0. The molecule has 27 heavy (non-hydrogen) atoms. The summed E-state index contributed by atoms with van der Waals surface area (Å²) in [5, 5.41) is 10.8. The Kier molecular flexibility index (Phi) is 8.59. The molecule has 154 valence electrons. The topological polar surface area (TPSA) is 47.9 Å². The van der Waals surface area contributed by atoms with E-state index in [-0.39, 0.29) is 6.79 Å². The molecule has 0 saturated heterocycles. The number of rotatable bonds is 11. The van der Waals surface area contributed by atoms with Crippen LogP contribution in [0.3, 0.4) is 0 Å². The molecular weight excluding hydrogens is 340 g/mol. The Morgan fingerprint density at radius 2 is 1.81 bits per heavy atom. The van der Waals surface area contributed by atoms with Gasteiger partial charge >= 0.3 is 0 Å². The Hall–Kier alpha value is -1.10. The van der Waals surface area contributed by atoms with Crippen molar-refractivity contribution in [2.45, 2.75) is 97.4 Å². The normalized spacial score (nSPS) is 20.2. The van der Waals surface area contributed by atoms with Crippen LogP contribution in [0, 0.1) is 20.8 Å². The van der Waals surface area contributed by atoms with Gasteiger partial charge < -0.3 is 19.3 Å². The number of aliphatic hydroxyl groups excluding tert-OH is 1. The first kappa shape index (κ1) is 22.2. The molecule has 1 heterocycles. The average Bonchev–Trinajstić information content (AvgIpc) is 2.66. The molecule has 0 aliphatic carbocycles. The van der Waals surface area contributed by atoms with Gasteiger partial charge in [0.25, 0.3) is 0 Å². The second kappa shape index (κ2) is 10.4. The zero-order valence-corrected chi connectivity index (χ0v) is 17.9. The van der Waals surface area contributed by atoms with Gasteiger partial charge in [-0.25, -0.2) is 0 Å². The molecule has 2 rings (SSSR count). The number of unbranched alkanes of at least 4 members (excludes halogenated alkanes) is 5. The van der Waals surface area contributed by atoms with Gasteiger partial charge in [0.2, 0.25) is 0 Å². The fraction of sp³-hybridized carbons (Fsp3) is 0.739. The predicted octanol–water partition coefficient (Wildman–Crippen LogP) is 5.37. The Bertz CT molecular complexity index is 599. The molecule has 1 aromatic carbocycles. The van der Waals surface area contributed by atoms with Crippen LogP contribution in [-0.4, -0.2) is 30.9 Å². The summed E-state index contributed by atoms with van der Waals surface area (Å²) in [5.74, 6) is 0.949. The van der Waals surface area contributed by atoms with Gasteiger partial charge in [-0.3, -0.25) is 0 Å². The SMILES string of the molecule is CCCCCCCCC1(C(O)OCOC)CCc2c(C)cc(C)c(C)c2O1. The van der Waals surface area contributed by atoms with E-state index in [4.69, 9.17) is 14.2 Å². The Morgan fingerprint density at radius 1 is 1.11 bits per heavy atom. The van der Waals surface area contributed by atoms with Crippen molar-refractivity contribution >= 4 is 0 Å². The summed E-state index contributed by atoms with van der Waals surface area (Å²) in [6.45, 7) is 8.68. The highest BCUT2D eigenvalue weighted by atomic mass is 16.7. The van der Waals surface area contributed by atoms with E-state index in [1.165, 1.54) is 54.4 Å². The van der Waals surface area contributed by atoms with E-state index in [0.29, 0.717) is 0 Å². The number of benzene rings is 1. The van der Waals surface area contributed by atoms with Gasteiger partial charge in [0.05, 0.1) is 0 Å².